The van der Waals surface area contributed by atoms with Crippen LogP contribution in [-0.4, -0.2) is 6.04 Å². The van der Waals surface area contributed by atoms with Gasteiger partial charge in [-0.05, 0) is 29.9 Å². The van der Waals surface area contributed by atoms with Crippen molar-refractivity contribution < 1.29 is 0 Å². The van der Waals surface area contributed by atoms with Crippen LogP contribution >= 0.6 is 0 Å². The van der Waals surface area contributed by atoms with Crippen LogP contribution < -0.4 is 11.3 Å². The van der Waals surface area contributed by atoms with Crippen LogP contribution in [0.5, 0.6) is 0 Å². The van der Waals surface area contributed by atoms with Crippen molar-refractivity contribution in [3.8, 4) is 0 Å². The summed E-state index contributed by atoms with van der Waals surface area (Å²) in [6, 6.07) is 9.09. The van der Waals surface area contributed by atoms with E-state index in [0.717, 1.165) is 12.8 Å². The summed E-state index contributed by atoms with van der Waals surface area (Å²) >= 11 is 0. The SMILES string of the molecule is C[C@@H]1c2ccccc2CC[C@@H]1NN. The van der Waals surface area contributed by atoms with E-state index in [9.17, 15) is 0 Å². The second-order valence-electron chi connectivity index (χ2n) is 3.80. The number of fused-ring (bicyclic) bond motifs is 1. The molecule has 0 spiro atoms. The van der Waals surface area contributed by atoms with E-state index in [0.29, 0.717) is 12.0 Å². The van der Waals surface area contributed by atoms with Gasteiger partial charge in [-0.15, -0.1) is 0 Å². The molecule has 0 amide bonds. The third-order valence-corrected chi connectivity index (χ3v) is 3.09. The minimum absolute atomic E-state index is 0.440. The number of aryl methyl sites for hydroxylation is 1. The maximum absolute atomic E-state index is 5.50. The maximum Gasteiger partial charge on any atom is 0.0279 e. The molecule has 0 unspecified atom stereocenters. The highest BCUT2D eigenvalue weighted by Crippen LogP contribution is 2.30. The summed E-state index contributed by atoms with van der Waals surface area (Å²) in [6.07, 6.45) is 2.30. The second kappa shape index (κ2) is 3.48. The second-order valence-corrected chi connectivity index (χ2v) is 3.80. The average molecular weight is 176 g/mol. The summed E-state index contributed by atoms with van der Waals surface area (Å²) < 4.78 is 0. The number of benzene rings is 1. The fourth-order valence-electron chi connectivity index (χ4n) is 2.21. The molecule has 0 aliphatic heterocycles. The summed E-state index contributed by atoms with van der Waals surface area (Å²) in [7, 11) is 0. The zero-order valence-electron chi connectivity index (χ0n) is 7.96. The van der Waals surface area contributed by atoms with E-state index in [1.54, 1.807) is 0 Å². The molecule has 2 rings (SSSR count). The number of nitrogens with two attached hydrogens (primary N) is 1. The summed E-state index contributed by atoms with van der Waals surface area (Å²) in [5.41, 5.74) is 5.84. The third-order valence-electron chi connectivity index (χ3n) is 3.09. The Kier molecular flexibility index (Phi) is 2.34. The van der Waals surface area contributed by atoms with Gasteiger partial charge >= 0.3 is 0 Å². The van der Waals surface area contributed by atoms with Crippen LogP contribution in [0, 0.1) is 0 Å². The molecule has 0 bridgehead atoms. The smallest absolute Gasteiger partial charge is 0.0279 e. The van der Waals surface area contributed by atoms with Crippen LogP contribution in [0.1, 0.15) is 30.4 Å². The molecule has 0 heterocycles. The first kappa shape index (κ1) is 8.73. The minimum Gasteiger partial charge on any atom is -0.271 e. The molecule has 1 aliphatic carbocycles. The molecule has 1 aliphatic rings. The van der Waals surface area contributed by atoms with E-state index >= 15 is 0 Å². The molecular weight excluding hydrogens is 160 g/mol. The van der Waals surface area contributed by atoms with Crippen molar-refractivity contribution in [3.63, 3.8) is 0 Å². The molecule has 1 aromatic rings. The van der Waals surface area contributed by atoms with E-state index in [1.807, 2.05) is 0 Å². The van der Waals surface area contributed by atoms with Crippen molar-refractivity contribution in [2.24, 2.45) is 5.84 Å². The molecule has 2 heteroatoms. The van der Waals surface area contributed by atoms with Crippen LogP contribution in [0.2, 0.25) is 0 Å². The first-order valence-corrected chi connectivity index (χ1v) is 4.87. The van der Waals surface area contributed by atoms with Gasteiger partial charge in [0.15, 0.2) is 0 Å². The van der Waals surface area contributed by atoms with Crippen molar-refractivity contribution >= 4 is 0 Å². The fraction of sp³-hybridized carbons (Fsp3) is 0.455. The fourth-order valence-corrected chi connectivity index (χ4v) is 2.21. The van der Waals surface area contributed by atoms with Gasteiger partial charge < -0.3 is 0 Å². The van der Waals surface area contributed by atoms with E-state index in [2.05, 4.69) is 36.6 Å². The van der Waals surface area contributed by atoms with Gasteiger partial charge in [0.25, 0.3) is 0 Å². The monoisotopic (exact) mass is 176 g/mol. The molecule has 2 atom stereocenters. The molecule has 1 aromatic carbocycles. The molecule has 3 N–H and O–H groups in total. The lowest BCUT2D eigenvalue weighted by atomic mass is 9.81. The Morgan fingerprint density at radius 1 is 1.38 bits per heavy atom. The third kappa shape index (κ3) is 1.47. The standard InChI is InChI=1S/C11H16N2/c1-8-10-5-3-2-4-9(10)6-7-11(8)13-12/h2-5,8,11,13H,6-7,12H2,1H3/t8-,11+/m1/s1. The Balaban J connectivity index is 2.33. The Morgan fingerprint density at radius 3 is 2.92 bits per heavy atom. The van der Waals surface area contributed by atoms with Gasteiger partial charge in [-0.25, -0.2) is 0 Å². The summed E-state index contributed by atoms with van der Waals surface area (Å²) in [5.74, 6) is 6.04. The van der Waals surface area contributed by atoms with Crippen molar-refractivity contribution in [2.75, 3.05) is 0 Å². The van der Waals surface area contributed by atoms with Crippen molar-refractivity contribution in [1.29, 1.82) is 0 Å². The molecule has 0 saturated carbocycles. The van der Waals surface area contributed by atoms with Gasteiger partial charge in [-0.2, -0.15) is 0 Å². The lowest BCUT2D eigenvalue weighted by molar-refractivity contribution is 0.412. The summed E-state index contributed by atoms with van der Waals surface area (Å²) in [6.45, 7) is 2.24. The van der Waals surface area contributed by atoms with Crippen molar-refractivity contribution in [2.45, 2.75) is 31.7 Å². The topological polar surface area (TPSA) is 38.0 Å². The normalized spacial score (nSPS) is 26.9. The Morgan fingerprint density at radius 2 is 2.15 bits per heavy atom. The van der Waals surface area contributed by atoms with Gasteiger partial charge in [-0.1, -0.05) is 31.2 Å². The lowest BCUT2D eigenvalue weighted by Gasteiger charge is -2.30. The first-order valence-electron chi connectivity index (χ1n) is 4.87. The van der Waals surface area contributed by atoms with Gasteiger partial charge in [0.1, 0.15) is 0 Å². The van der Waals surface area contributed by atoms with Gasteiger partial charge in [-0.3, -0.25) is 11.3 Å². The Hall–Kier alpha value is -0.860. The highest BCUT2D eigenvalue weighted by Gasteiger charge is 2.24. The Labute approximate surface area is 79.1 Å². The molecule has 70 valence electrons. The van der Waals surface area contributed by atoms with Crippen LogP contribution in [0.3, 0.4) is 0 Å². The molecule has 2 nitrogen and oxygen atoms in total. The van der Waals surface area contributed by atoms with E-state index in [4.69, 9.17) is 5.84 Å². The minimum atomic E-state index is 0.440. The van der Waals surface area contributed by atoms with Gasteiger partial charge in [0.2, 0.25) is 0 Å². The predicted octanol–water partition coefficient (Wildman–Crippen LogP) is 1.57. The van der Waals surface area contributed by atoms with Gasteiger partial charge in [0, 0.05) is 6.04 Å². The van der Waals surface area contributed by atoms with Crippen LogP contribution in [0.25, 0.3) is 0 Å². The molecule has 0 saturated heterocycles. The molecule has 13 heavy (non-hydrogen) atoms. The van der Waals surface area contributed by atoms with Crippen LogP contribution in [-0.2, 0) is 6.42 Å². The highest BCUT2D eigenvalue weighted by molar-refractivity contribution is 5.33. The quantitative estimate of drug-likeness (QED) is 0.503. The van der Waals surface area contributed by atoms with E-state index in [1.165, 1.54) is 11.1 Å². The van der Waals surface area contributed by atoms with Crippen LogP contribution in [0.15, 0.2) is 24.3 Å². The number of rotatable bonds is 1. The molecule has 0 aromatic heterocycles. The molecular formula is C11H16N2. The van der Waals surface area contributed by atoms with Crippen LogP contribution in [0.4, 0.5) is 0 Å². The largest absolute Gasteiger partial charge is 0.271 e. The van der Waals surface area contributed by atoms with Gasteiger partial charge in [0.05, 0.1) is 0 Å². The molecule has 0 fully saturated rings. The Bertz CT molecular complexity index is 296. The van der Waals surface area contributed by atoms with Crippen molar-refractivity contribution in [3.05, 3.63) is 35.4 Å². The van der Waals surface area contributed by atoms with Crippen molar-refractivity contribution in [1.82, 2.24) is 5.43 Å². The summed E-state index contributed by atoms with van der Waals surface area (Å²) in [4.78, 5) is 0. The number of hydrogen-bond acceptors (Lipinski definition) is 2. The predicted molar refractivity (Wildman–Crippen MR) is 54.3 cm³/mol. The molecule has 0 radical (unpaired) electrons. The number of nitrogens with one attached hydrogen (secondary N) is 1. The maximum atomic E-state index is 5.50. The average Bonchev–Trinajstić information content (AvgIpc) is 2.19. The summed E-state index contributed by atoms with van der Waals surface area (Å²) in [5, 5.41) is 0. The zero-order valence-corrected chi connectivity index (χ0v) is 7.96. The number of hydrazine groups is 1. The highest BCUT2D eigenvalue weighted by atomic mass is 15.2. The van der Waals surface area contributed by atoms with E-state index in [-0.39, 0.29) is 0 Å². The first-order chi connectivity index (χ1) is 6.33. The zero-order chi connectivity index (χ0) is 9.26. The lowest BCUT2D eigenvalue weighted by Crippen LogP contribution is -2.41. The number of hydrogen-bond donors (Lipinski definition) is 2. The van der Waals surface area contributed by atoms with E-state index < -0.39 is 0 Å².